The third-order valence-corrected chi connectivity index (χ3v) is 2.79. The summed E-state index contributed by atoms with van der Waals surface area (Å²) < 4.78 is 12.9. The van der Waals surface area contributed by atoms with Gasteiger partial charge in [-0.05, 0) is 31.4 Å². The molecule has 0 saturated heterocycles. The predicted molar refractivity (Wildman–Crippen MR) is 68.6 cm³/mol. The van der Waals surface area contributed by atoms with E-state index in [1.807, 2.05) is 0 Å². The van der Waals surface area contributed by atoms with Crippen LogP contribution in [0.2, 0.25) is 0 Å². The Bertz CT molecular complexity index is 378. The monoisotopic (exact) mass is 253 g/mol. The smallest absolute Gasteiger partial charge is 0.252 e. The lowest BCUT2D eigenvalue weighted by Gasteiger charge is -2.15. The van der Waals surface area contributed by atoms with Crippen molar-refractivity contribution in [2.24, 2.45) is 11.7 Å². The minimum atomic E-state index is -0.505. The van der Waals surface area contributed by atoms with E-state index in [2.05, 4.69) is 17.2 Å². The predicted octanol–water partition coefficient (Wildman–Crippen LogP) is 1.72. The fourth-order valence-electron chi connectivity index (χ4n) is 1.87. The van der Waals surface area contributed by atoms with Gasteiger partial charge in [0.15, 0.2) is 0 Å². The van der Waals surface area contributed by atoms with Crippen LogP contribution < -0.4 is 11.1 Å². The molecule has 100 valence electrons. The first-order valence-corrected chi connectivity index (χ1v) is 6.26. The summed E-state index contributed by atoms with van der Waals surface area (Å²) >= 11 is 0. The highest BCUT2D eigenvalue weighted by Gasteiger charge is 2.11. The van der Waals surface area contributed by atoms with Gasteiger partial charge in [0.25, 0.3) is 5.91 Å². The van der Waals surface area contributed by atoms with E-state index in [1.165, 1.54) is 12.3 Å². The summed E-state index contributed by atoms with van der Waals surface area (Å²) in [6.07, 6.45) is 5.40. The minimum Gasteiger partial charge on any atom is -0.352 e. The number of carbonyl (C=O) groups is 1. The summed E-state index contributed by atoms with van der Waals surface area (Å²) in [5.41, 5.74) is 5.77. The van der Waals surface area contributed by atoms with Crippen LogP contribution in [-0.2, 0) is 0 Å². The molecular weight excluding hydrogens is 233 g/mol. The van der Waals surface area contributed by atoms with E-state index in [0.29, 0.717) is 19.0 Å². The van der Waals surface area contributed by atoms with Crippen LogP contribution in [0.3, 0.4) is 0 Å². The Morgan fingerprint density at radius 2 is 2.28 bits per heavy atom. The van der Waals surface area contributed by atoms with Crippen molar-refractivity contribution in [3.8, 4) is 0 Å². The minimum absolute atomic E-state index is 0.248. The molecule has 1 aromatic rings. The van der Waals surface area contributed by atoms with Gasteiger partial charge in [0.2, 0.25) is 0 Å². The number of hydrogen-bond acceptors (Lipinski definition) is 3. The molecule has 0 aliphatic carbocycles. The molecule has 1 heterocycles. The molecule has 0 aliphatic heterocycles. The lowest BCUT2D eigenvalue weighted by molar-refractivity contribution is 0.0945. The third kappa shape index (κ3) is 4.79. The van der Waals surface area contributed by atoms with Gasteiger partial charge in [-0.25, -0.2) is 4.39 Å². The average molecular weight is 253 g/mol. The highest BCUT2D eigenvalue weighted by atomic mass is 19.1. The molecule has 0 aromatic carbocycles. The van der Waals surface area contributed by atoms with Crippen molar-refractivity contribution in [1.82, 2.24) is 10.3 Å². The molecule has 4 nitrogen and oxygen atoms in total. The van der Waals surface area contributed by atoms with Crippen LogP contribution in [0.25, 0.3) is 0 Å². The Hall–Kier alpha value is -1.49. The highest BCUT2D eigenvalue weighted by Crippen LogP contribution is 2.09. The van der Waals surface area contributed by atoms with Crippen molar-refractivity contribution in [3.05, 3.63) is 29.8 Å². The van der Waals surface area contributed by atoms with Crippen molar-refractivity contribution < 1.29 is 9.18 Å². The van der Waals surface area contributed by atoms with Gasteiger partial charge in [-0.2, -0.15) is 0 Å². The van der Waals surface area contributed by atoms with E-state index < -0.39 is 5.82 Å². The Balaban J connectivity index is 2.49. The van der Waals surface area contributed by atoms with Crippen molar-refractivity contribution in [1.29, 1.82) is 0 Å². The molecule has 3 N–H and O–H groups in total. The molecule has 0 fully saturated rings. The average Bonchev–Trinajstić information content (AvgIpc) is 2.36. The van der Waals surface area contributed by atoms with Crippen molar-refractivity contribution in [2.45, 2.75) is 26.2 Å². The number of nitrogens with zero attached hydrogens (tertiary/aromatic N) is 1. The molecule has 1 aromatic heterocycles. The summed E-state index contributed by atoms with van der Waals surface area (Å²) in [7, 11) is 0. The summed E-state index contributed by atoms with van der Waals surface area (Å²) in [5.74, 6) is -0.416. The quantitative estimate of drug-likeness (QED) is 0.777. The number of nitrogens with two attached hydrogens (primary N) is 1. The Morgan fingerprint density at radius 3 is 2.89 bits per heavy atom. The van der Waals surface area contributed by atoms with Crippen LogP contribution >= 0.6 is 0 Å². The zero-order valence-electron chi connectivity index (χ0n) is 10.7. The molecule has 1 rings (SSSR count). The number of carbonyl (C=O) groups excluding carboxylic acids is 1. The van der Waals surface area contributed by atoms with E-state index in [4.69, 9.17) is 5.73 Å². The lowest BCUT2D eigenvalue weighted by atomic mass is 10.00. The van der Waals surface area contributed by atoms with Crippen LogP contribution in [0.5, 0.6) is 0 Å². The van der Waals surface area contributed by atoms with E-state index in [9.17, 15) is 9.18 Å². The second-order valence-electron chi connectivity index (χ2n) is 4.33. The van der Waals surface area contributed by atoms with Crippen molar-refractivity contribution in [3.63, 3.8) is 0 Å². The third-order valence-electron chi connectivity index (χ3n) is 2.79. The number of amides is 1. The summed E-state index contributed by atoms with van der Waals surface area (Å²) in [6.45, 7) is 3.28. The standard InChI is InChI=1S/C13H20FN3O/c1-2-3-10(4-5-15)7-17-13(18)11-6-12(14)9-16-8-11/h6,8-10H,2-5,7,15H2,1H3,(H,17,18). The SMILES string of the molecule is CCCC(CCN)CNC(=O)c1cncc(F)c1. The fourth-order valence-corrected chi connectivity index (χ4v) is 1.87. The summed E-state index contributed by atoms with van der Waals surface area (Å²) in [5, 5.41) is 2.79. The molecule has 0 bridgehead atoms. The first kappa shape index (κ1) is 14.6. The normalized spacial score (nSPS) is 12.2. The number of rotatable bonds is 7. The van der Waals surface area contributed by atoms with Crippen LogP contribution in [0.1, 0.15) is 36.5 Å². The summed E-state index contributed by atoms with van der Waals surface area (Å²) in [6, 6.07) is 1.18. The Morgan fingerprint density at radius 1 is 1.50 bits per heavy atom. The van der Waals surface area contributed by atoms with E-state index in [-0.39, 0.29) is 11.5 Å². The van der Waals surface area contributed by atoms with Gasteiger partial charge in [0, 0.05) is 12.7 Å². The number of halogens is 1. The number of hydrogen-bond donors (Lipinski definition) is 2. The largest absolute Gasteiger partial charge is 0.352 e. The maximum atomic E-state index is 12.9. The van der Waals surface area contributed by atoms with Gasteiger partial charge in [-0.3, -0.25) is 9.78 Å². The molecule has 0 saturated carbocycles. The molecule has 5 heteroatoms. The van der Waals surface area contributed by atoms with Crippen LogP contribution in [0, 0.1) is 11.7 Å². The molecular formula is C13H20FN3O. The molecule has 1 atom stereocenters. The fraction of sp³-hybridized carbons (Fsp3) is 0.538. The molecule has 0 spiro atoms. The molecule has 0 aliphatic rings. The van der Waals surface area contributed by atoms with Crippen molar-refractivity contribution >= 4 is 5.91 Å². The first-order chi connectivity index (χ1) is 8.67. The van der Waals surface area contributed by atoms with Gasteiger partial charge in [0.05, 0.1) is 11.8 Å². The maximum Gasteiger partial charge on any atom is 0.252 e. The van der Waals surface area contributed by atoms with Crippen LogP contribution in [0.4, 0.5) is 4.39 Å². The van der Waals surface area contributed by atoms with Gasteiger partial charge in [-0.1, -0.05) is 13.3 Å². The molecule has 1 amide bonds. The topological polar surface area (TPSA) is 68.0 Å². The molecule has 18 heavy (non-hydrogen) atoms. The van der Waals surface area contributed by atoms with Crippen molar-refractivity contribution in [2.75, 3.05) is 13.1 Å². The van der Waals surface area contributed by atoms with Crippen LogP contribution in [0.15, 0.2) is 18.5 Å². The van der Waals surface area contributed by atoms with Gasteiger partial charge >= 0.3 is 0 Å². The van der Waals surface area contributed by atoms with Gasteiger partial charge < -0.3 is 11.1 Å². The maximum absolute atomic E-state index is 12.9. The second-order valence-corrected chi connectivity index (χ2v) is 4.33. The lowest BCUT2D eigenvalue weighted by Crippen LogP contribution is -2.30. The second kappa shape index (κ2) is 7.76. The van der Waals surface area contributed by atoms with E-state index >= 15 is 0 Å². The highest BCUT2D eigenvalue weighted by molar-refractivity contribution is 5.93. The Labute approximate surface area is 107 Å². The Kier molecular flexibility index (Phi) is 6.28. The zero-order chi connectivity index (χ0) is 13.4. The van der Waals surface area contributed by atoms with E-state index in [1.54, 1.807) is 0 Å². The molecule has 0 radical (unpaired) electrons. The number of nitrogens with one attached hydrogen (secondary N) is 1. The summed E-state index contributed by atoms with van der Waals surface area (Å²) in [4.78, 5) is 15.4. The molecule has 1 unspecified atom stereocenters. The van der Waals surface area contributed by atoms with Gasteiger partial charge in [-0.15, -0.1) is 0 Å². The van der Waals surface area contributed by atoms with Crippen LogP contribution in [-0.4, -0.2) is 24.0 Å². The number of aromatic nitrogens is 1. The number of pyridine rings is 1. The first-order valence-electron chi connectivity index (χ1n) is 6.26. The zero-order valence-corrected chi connectivity index (χ0v) is 10.7. The van der Waals surface area contributed by atoms with Gasteiger partial charge in [0.1, 0.15) is 5.82 Å². The van der Waals surface area contributed by atoms with E-state index in [0.717, 1.165) is 25.5 Å².